The molecule has 3 unspecified atom stereocenters. The Morgan fingerprint density at radius 1 is 0.333 bits per heavy atom. The SMILES string of the molecule is CCCCCC/C=C\C=C/CCCCCCCC(=O)OC[C@H](COP(=O)(O)OCC(O)COP(=O)(O)OC[C@@H](COC(=O)CCCCCCCCCC(C)C)OC(=O)CCCCCCCCCCCCCCC(C)C)OC(=O)CCCCCCCCCCCCC(C)C. The van der Waals surface area contributed by atoms with Gasteiger partial charge in [0.05, 0.1) is 26.4 Å². The van der Waals surface area contributed by atoms with Gasteiger partial charge in [-0.15, -0.1) is 0 Å². The van der Waals surface area contributed by atoms with Crippen molar-refractivity contribution in [3.05, 3.63) is 24.3 Å². The van der Waals surface area contributed by atoms with Gasteiger partial charge in [-0.3, -0.25) is 37.3 Å². The maximum atomic E-state index is 13.0. The van der Waals surface area contributed by atoms with Gasteiger partial charge in [-0.25, -0.2) is 9.13 Å². The first-order valence-electron chi connectivity index (χ1n) is 37.7. The smallest absolute Gasteiger partial charge is 0.462 e. The number of esters is 4. The fraction of sp³-hybridized carbons (Fsp3) is 0.892. The second-order valence-corrected chi connectivity index (χ2v) is 30.3. The van der Waals surface area contributed by atoms with Crippen LogP contribution in [0.2, 0.25) is 0 Å². The number of phosphoric ester groups is 2. The van der Waals surface area contributed by atoms with Crippen LogP contribution in [-0.4, -0.2) is 96.7 Å². The van der Waals surface area contributed by atoms with E-state index in [1.54, 1.807) is 0 Å². The number of rotatable bonds is 70. The summed E-state index contributed by atoms with van der Waals surface area (Å²) in [7, 11) is -9.92. The number of carbonyl (C=O) groups is 4. The summed E-state index contributed by atoms with van der Waals surface area (Å²) in [6.07, 6.45) is 52.2. The molecule has 0 amide bonds. The molecule has 0 saturated carbocycles. The van der Waals surface area contributed by atoms with Crippen molar-refractivity contribution in [2.24, 2.45) is 17.8 Å². The van der Waals surface area contributed by atoms with Gasteiger partial charge in [0.15, 0.2) is 12.2 Å². The van der Waals surface area contributed by atoms with Gasteiger partial charge in [-0.2, -0.15) is 0 Å². The van der Waals surface area contributed by atoms with E-state index in [1.165, 1.54) is 135 Å². The normalized spacial score (nSPS) is 14.3. The lowest BCUT2D eigenvalue weighted by Crippen LogP contribution is -2.30. The molecule has 0 aromatic rings. The van der Waals surface area contributed by atoms with Crippen LogP contribution in [0.25, 0.3) is 0 Å². The van der Waals surface area contributed by atoms with E-state index in [1.807, 2.05) is 0 Å². The Morgan fingerprint density at radius 2 is 0.581 bits per heavy atom. The lowest BCUT2D eigenvalue weighted by Gasteiger charge is -2.21. The molecule has 0 aromatic carbocycles. The number of phosphoric acid groups is 2. The molecule has 0 heterocycles. The Labute approximate surface area is 567 Å². The number of hydrogen-bond acceptors (Lipinski definition) is 15. The molecule has 0 aliphatic heterocycles. The predicted molar refractivity (Wildman–Crippen MR) is 377 cm³/mol. The average molecular weight is 1360 g/mol. The molecule has 0 saturated heterocycles. The zero-order valence-corrected chi connectivity index (χ0v) is 62.0. The van der Waals surface area contributed by atoms with E-state index in [0.717, 1.165) is 127 Å². The zero-order chi connectivity index (χ0) is 68.7. The van der Waals surface area contributed by atoms with Crippen LogP contribution in [0.15, 0.2) is 24.3 Å². The second kappa shape index (κ2) is 64.2. The highest BCUT2D eigenvalue weighted by Gasteiger charge is 2.30. The summed E-state index contributed by atoms with van der Waals surface area (Å²) in [5.74, 6) is 0.0758. The quantitative estimate of drug-likeness (QED) is 0.0169. The lowest BCUT2D eigenvalue weighted by molar-refractivity contribution is -0.161. The molecule has 19 heteroatoms. The molecule has 93 heavy (non-hydrogen) atoms. The topological polar surface area (TPSA) is 237 Å². The van der Waals surface area contributed by atoms with E-state index in [2.05, 4.69) is 72.8 Å². The first kappa shape index (κ1) is 90.5. The van der Waals surface area contributed by atoms with Crippen LogP contribution in [-0.2, 0) is 65.4 Å². The number of aliphatic hydroxyl groups is 1. The third-order valence-electron chi connectivity index (χ3n) is 16.5. The zero-order valence-electron chi connectivity index (χ0n) is 60.2. The first-order chi connectivity index (χ1) is 44.7. The van der Waals surface area contributed by atoms with Crippen molar-refractivity contribution in [2.75, 3.05) is 39.6 Å². The minimum Gasteiger partial charge on any atom is -0.462 e. The van der Waals surface area contributed by atoms with Gasteiger partial charge in [0.25, 0.3) is 0 Å². The van der Waals surface area contributed by atoms with E-state index in [4.69, 9.17) is 37.0 Å². The van der Waals surface area contributed by atoms with Gasteiger partial charge in [-0.05, 0) is 69.1 Å². The van der Waals surface area contributed by atoms with Crippen LogP contribution in [0.5, 0.6) is 0 Å². The molecule has 17 nitrogen and oxygen atoms in total. The lowest BCUT2D eigenvalue weighted by atomic mass is 10.0. The molecular weight excluding hydrogens is 1220 g/mol. The van der Waals surface area contributed by atoms with Gasteiger partial charge < -0.3 is 33.8 Å². The molecule has 0 bridgehead atoms. The summed E-state index contributed by atoms with van der Waals surface area (Å²) in [5, 5.41) is 10.6. The second-order valence-electron chi connectivity index (χ2n) is 27.4. The van der Waals surface area contributed by atoms with E-state index in [9.17, 15) is 43.2 Å². The van der Waals surface area contributed by atoms with Crippen LogP contribution in [0.4, 0.5) is 0 Å². The monoisotopic (exact) mass is 1360 g/mol. The Hall–Kier alpha value is -2.46. The van der Waals surface area contributed by atoms with E-state index >= 15 is 0 Å². The fourth-order valence-electron chi connectivity index (χ4n) is 10.7. The van der Waals surface area contributed by atoms with Crippen molar-refractivity contribution in [3.8, 4) is 0 Å². The first-order valence-corrected chi connectivity index (χ1v) is 40.7. The molecule has 0 fully saturated rings. The maximum Gasteiger partial charge on any atom is 0.472 e. The summed E-state index contributed by atoms with van der Waals surface area (Å²) in [4.78, 5) is 72.7. The summed E-state index contributed by atoms with van der Waals surface area (Å²) in [6, 6.07) is 0. The maximum absolute atomic E-state index is 13.0. The molecule has 548 valence electrons. The van der Waals surface area contributed by atoms with Gasteiger partial charge in [0, 0.05) is 25.7 Å². The Balaban J connectivity index is 5.29. The molecule has 0 radical (unpaired) electrons. The average Bonchev–Trinajstić information content (AvgIpc) is 1.53. The third kappa shape index (κ3) is 67.9. The van der Waals surface area contributed by atoms with Crippen molar-refractivity contribution in [2.45, 2.75) is 369 Å². The molecule has 0 aliphatic rings. The van der Waals surface area contributed by atoms with Crippen LogP contribution >= 0.6 is 15.6 Å². The van der Waals surface area contributed by atoms with Crippen molar-refractivity contribution in [1.29, 1.82) is 0 Å². The van der Waals surface area contributed by atoms with E-state index in [-0.39, 0.29) is 25.7 Å². The molecule has 3 N–H and O–H groups in total. The van der Waals surface area contributed by atoms with E-state index in [0.29, 0.717) is 31.6 Å². The van der Waals surface area contributed by atoms with Crippen molar-refractivity contribution < 1.29 is 80.2 Å². The van der Waals surface area contributed by atoms with Crippen molar-refractivity contribution in [3.63, 3.8) is 0 Å². The molecule has 0 aliphatic carbocycles. The highest BCUT2D eigenvalue weighted by molar-refractivity contribution is 7.47. The molecule has 0 rings (SSSR count). The van der Waals surface area contributed by atoms with Gasteiger partial charge in [0.2, 0.25) is 0 Å². The van der Waals surface area contributed by atoms with Crippen LogP contribution < -0.4 is 0 Å². The van der Waals surface area contributed by atoms with Crippen LogP contribution in [0.1, 0.15) is 350 Å². The standard InChI is InChI=1S/C74H140O17P2/c1-8-9-10-11-12-13-14-15-16-17-21-27-34-41-48-55-71(76)84-61-69(90-74(79)58-51-44-36-29-24-23-26-32-39-46-53-66(4)5)63-88-92(80,81)86-59-68(75)60-87-93(82,83)89-64-70(62-85-72(77)56-49-42-37-30-33-40-47-54-67(6)7)91-73(78)57-50-43-35-28-22-19-18-20-25-31-38-45-52-65(2)3/h13-16,65-70,75H,8-12,17-64H2,1-7H3,(H,80,81)(H,82,83)/b14-13-,16-15-/t68?,69-,70-/m1/s1. The number of allylic oxidation sites excluding steroid dienone is 4. The van der Waals surface area contributed by atoms with Crippen LogP contribution in [0, 0.1) is 17.8 Å². The highest BCUT2D eigenvalue weighted by atomic mass is 31.2. The Morgan fingerprint density at radius 3 is 0.871 bits per heavy atom. The number of hydrogen-bond donors (Lipinski definition) is 3. The summed E-state index contributed by atoms with van der Waals surface area (Å²) in [5.41, 5.74) is 0. The minimum absolute atomic E-state index is 0.0987. The molecule has 0 spiro atoms. The number of aliphatic hydroxyl groups excluding tert-OH is 1. The fourth-order valence-corrected chi connectivity index (χ4v) is 12.3. The predicted octanol–water partition coefficient (Wildman–Crippen LogP) is 21.0. The third-order valence-corrected chi connectivity index (χ3v) is 18.4. The number of carbonyl (C=O) groups excluding carboxylic acids is 4. The molecule has 0 aromatic heterocycles. The molecule has 5 atom stereocenters. The Kier molecular flexibility index (Phi) is 62.5. The highest BCUT2D eigenvalue weighted by Crippen LogP contribution is 2.45. The van der Waals surface area contributed by atoms with Gasteiger partial charge in [0.1, 0.15) is 19.3 Å². The Bertz CT molecular complexity index is 1910. The van der Waals surface area contributed by atoms with Crippen molar-refractivity contribution >= 4 is 39.5 Å². The summed E-state index contributed by atoms with van der Waals surface area (Å²) < 4.78 is 68.4. The van der Waals surface area contributed by atoms with E-state index < -0.39 is 97.5 Å². The van der Waals surface area contributed by atoms with Crippen molar-refractivity contribution in [1.82, 2.24) is 0 Å². The largest absolute Gasteiger partial charge is 0.472 e. The summed E-state index contributed by atoms with van der Waals surface area (Å²) in [6.45, 7) is 11.8. The number of unbranched alkanes of at least 4 members (excludes halogenated alkanes) is 35. The van der Waals surface area contributed by atoms with Gasteiger partial charge in [-0.1, -0.05) is 297 Å². The summed E-state index contributed by atoms with van der Waals surface area (Å²) >= 11 is 0. The van der Waals surface area contributed by atoms with Gasteiger partial charge >= 0.3 is 39.5 Å². The minimum atomic E-state index is -4.96. The molecular formula is C74H140O17P2. The van der Waals surface area contributed by atoms with Crippen LogP contribution in [0.3, 0.4) is 0 Å². The number of ether oxygens (including phenoxy) is 4.